The SMILES string of the molecule is COc1cccc(CCNC(=O)CNC(=O)c2cccc(C)c2)c1. The highest BCUT2D eigenvalue weighted by atomic mass is 16.5. The van der Waals surface area contributed by atoms with Crippen molar-refractivity contribution in [3.63, 3.8) is 0 Å². The van der Waals surface area contributed by atoms with Crippen LogP contribution in [0.25, 0.3) is 0 Å². The number of ether oxygens (including phenoxy) is 1. The number of carbonyl (C=O) groups excluding carboxylic acids is 2. The quantitative estimate of drug-likeness (QED) is 0.819. The van der Waals surface area contributed by atoms with Crippen LogP contribution in [0, 0.1) is 6.92 Å². The lowest BCUT2D eigenvalue weighted by molar-refractivity contribution is -0.120. The first-order valence-electron chi connectivity index (χ1n) is 7.83. The largest absolute Gasteiger partial charge is 0.497 e. The van der Waals surface area contributed by atoms with Gasteiger partial charge in [0, 0.05) is 12.1 Å². The normalized spacial score (nSPS) is 10.1. The van der Waals surface area contributed by atoms with Crippen molar-refractivity contribution < 1.29 is 14.3 Å². The van der Waals surface area contributed by atoms with Crippen LogP contribution in [-0.4, -0.2) is 32.0 Å². The number of benzene rings is 2. The molecule has 0 aliphatic carbocycles. The van der Waals surface area contributed by atoms with Crippen LogP contribution in [0.3, 0.4) is 0 Å². The summed E-state index contributed by atoms with van der Waals surface area (Å²) in [6.07, 6.45) is 0.703. The Bertz CT molecular complexity index is 713. The molecule has 0 heterocycles. The lowest BCUT2D eigenvalue weighted by atomic mass is 10.1. The molecule has 5 nitrogen and oxygen atoms in total. The first-order valence-corrected chi connectivity index (χ1v) is 7.83. The van der Waals surface area contributed by atoms with Crippen molar-refractivity contribution in [2.75, 3.05) is 20.2 Å². The standard InChI is InChI=1S/C19H22N2O3/c1-14-5-3-7-16(11-14)19(23)21-13-18(22)20-10-9-15-6-4-8-17(12-15)24-2/h3-8,11-12H,9-10,13H2,1-2H3,(H,20,22)(H,21,23). The van der Waals surface area contributed by atoms with Gasteiger partial charge in [-0.2, -0.15) is 0 Å². The van der Waals surface area contributed by atoms with Gasteiger partial charge in [0.25, 0.3) is 5.91 Å². The van der Waals surface area contributed by atoms with Crippen molar-refractivity contribution in [1.82, 2.24) is 10.6 Å². The van der Waals surface area contributed by atoms with Gasteiger partial charge in [-0.15, -0.1) is 0 Å². The molecular weight excluding hydrogens is 304 g/mol. The summed E-state index contributed by atoms with van der Waals surface area (Å²) < 4.78 is 5.16. The molecule has 0 saturated carbocycles. The molecule has 0 fully saturated rings. The van der Waals surface area contributed by atoms with E-state index >= 15 is 0 Å². The summed E-state index contributed by atoms with van der Waals surface area (Å²) in [7, 11) is 1.62. The first-order chi connectivity index (χ1) is 11.6. The number of amides is 2. The molecule has 5 heteroatoms. The van der Waals surface area contributed by atoms with Crippen LogP contribution in [0.4, 0.5) is 0 Å². The molecule has 2 amide bonds. The molecule has 0 saturated heterocycles. The van der Waals surface area contributed by atoms with E-state index in [2.05, 4.69) is 10.6 Å². The Balaban J connectivity index is 1.72. The maximum atomic E-state index is 12.0. The highest BCUT2D eigenvalue weighted by Crippen LogP contribution is 2.12. The molecule has 0 aliphatic heterocycles. The van der Waals surface area contributed by atoms with E-state index in [1.807, 2.05) is 43.3 Å². The Kier molecular flexibility index (Phi) is 6.37. The number of hydrogen-bond acceptors (Lipinski definition) is 3. The molecule has 0 spiro atoms. The Morgan fingerprint density at radius 1 is 1.04 bits per heavy atom. The number of aryl methyl sites for hydroxylation is 1. The predicted octanol–water partition coefficient (Wildman–Crippen LogP) is 2.09. The third kappa shape index (κ3) is 5.43. The molecule has 0 radical (unpaired) electrons. The molecule has 2 aromatic carbocycles. The second-order valence-electron chi connectivity index (χ2n) is 5.50. The molecule has 2 rings (SSSR count). The van der Waals surface area contributed by atoms with Gasteiger partial charge in [0.15, 0.2) is 0 Å². The summed E-state index contributed by atoms with van der Waals surface area (Å²) in [6.45, 7) is 2.39. The summed E-state index contributed by atoms with van der Waals surface area (Å²) in [6, 6.07) is 15.0. The van der Waals surface area contributed by atoms with E-state index in [1.54, 1.807) is 19.2 Å². The van der Waals surface area contributed by atoms with Crippen molar-refractivity contribution in [2.24, 2.45) is 0 Å². The minimum Gasteiger partial charge on any atom is -0.497 e. The number of hydrogen-bond donors (Lipinski definition) is 2. The van der Waals surface area contributed by atoms with Crippen molar-refractivity contribution in [3.05, 3.63) is 65.2 Å². The molecule has 0 aromatic heterocycles. The predicted molar refractivity (Wildman–Crippen MR) is 93.2 cm³/mol. The lowest BCUT2D eigenvalue weighted by Crippen LogP contribution is -2.37. The zero-order chi connectivity index (χ0) is 17.4. The summed E-state index contributed by atoms with van der Waals surface area (Å²) in [5.74, 6) is 0.338. The third-order valence-electron chi connectivity index (χ3n) is 3.56. The smallest absolute Gasteiger partial charge is 0.251 e. The first kappa shape index (κ1) is 17.5. The van der Waals surface area contributed by atoms with Crippen molar-refractivity contribution in [2.45, 2.75) is 13.3 Å². The van der Waals surface area contributed by atoms with Gasteiger partial charge in [-0.3, -0.25) is 9.59 Å². The van der Waals surface area contributed by atoms with Gasteiger partial charge in [0.2, 0.25) is 5.91 Å². The Morgan fingerprint density at radius 3 is 2.58 bits per heavy atom. The van der Waals surface area contributed by atoms with E-state index in [-0.39, 0.29) is 18.4 Å². The van der Waals surface area contributed by atoms with Crippen molar-refractivity contribution in [3.8, 4) is 5.75 Å². The molecular formula is C19H22N2O3. The van der Waals surface area contributed by atoms with Crippen molar-refractivity contribution in [1.29, 1.82) is 0 Å². The second kappa shape index (κ2) is 8.72. The monoisotopic (exact) mass is 326 g/mol. The highest BCUT2D eigenvalue weighted by molar-refractivity contribution is 5.96. The van der Waals surface area contributed by atoms with E-state index in [0.29, 0.717) is 18.5 Å². The fourth-order valence-electron chi connectivity index (χ4n) is 2.29. The van der Waals surface area contributed by atoms with Gasteiger partial charge in [0.1, 0.15) is 5.75 Å². The van der Waals surface area contributed by atoms with Gasteiger partial charge in [0.05, 0.1) is 13.7 Å². The maximum Gasteiger partial charge on any atom is 0.251 e. The second-order valence-corrected chi connectivity index (χ2v) is 5.50. The van der Waals surface area contributed by atoms with Crippen LogP contribution in [0.1, 0.15) is 21.5 Å². The minimum atomic E-state index is -0.248. The molecule has 0 bridgehead atoms. The van der Waals surface area contributed by atoms with E-state index in [9.17, 15) is 9.59 Å². The fraction of sp³-hybridized carbons (Fsp3) is 0.263. The minimum absolute atomic E-state index is 0.0368. The van der Waals surface area contributed by atoms with Gasteiger partial charge in [-0.25, -0.2) is 0 Å². The Morgan fingerprint density at radius 2 is 1.83 bits per heavy atom. The molecule has 126 valence electrons. The van der Waals surface area contributed by atoms with E-state index < -0.39 is 0 Å². The van der Waals surface area contributed by atoms with E-state index in [4.69, 9.17) is 4.74 Å². The van der Waals surface area contributed by atoms with Gasteiger partial charge in [-0.1, -0.05) is 29.8 Å². The number of methoxy groups -OCH3 is 1. The van der Waals surface area contributed by atoms with Crippen LogP contribution in [0.2, 0.25) is 0 Å². The molecule has 0 aliphatic rings. The van der Waals surface area contributed by atoms with Crippen molar-refractivity contribution >= 4 is 11.8 Å². The van der Waals surface area contributed by atoms with Gasteiger partial charge >= 0.3 is 0 Å². The van der Waals surface area contributed by atoms with Crippen LogP contribution >= 0.6 is 0 Å². The number of rotatable bonds is 7. The maximum absolute atomic E-state index is 12.0. The fourth-order valence-corrected chi connectivity index (χ4v) is 2.29. The Hall–Kier alpha value is -2.82. The molecule has 2 aromatic rings. The number of carbonyl (C=O) groups is 2. The average Bonchev–Trinajstić information content (AvgIpc) is 2.60. The molecule has 24 heavy (non-hydrogen) atoms. The van der Waals surface area contributed by atoms with Crippen LogP contribution < -0.4 is 15.4 Å². The number of nitrogens with one attached hydrogen (secondary N) is 2. The molecule has 0 atom stereocenters. The topological polar surface area (TPSA) is 67.4 Å². The van der Waals surface area contributed by atoms with Crippen LogP contribution in [-0.2, 0) is 11.2 Å². The third-order valence-corrected chi connectivity index (χ3v) is 3.56. The zero-order valence-corrected chi connectivity index (χ0v) is 14.0. The van der Waals surface area contributed by atoms with Gasteiger partial charge < -0.3 is 15.4 Å². The summed E-state index contributed by atoms with van der Waals surface area (Å²) >= 11 is 0. The summed E-state index contributed by atoms with van der Waals surface area (Å²) in [5, 5.41) is 5.41. The van der Waals surface area contributed by atoms with E-state index in [0.717, 1.165) is 16.9 Å². The zero-order valence-electron chi connectivity index (χ0n) is 14.0. The summed E-state index contributed by atoms with van der Waals surface area (Å²) in [5.41, 5.74) is 2.64. The summed E-state index contributed by atoms with van der Waals surface area (Å²) in [4.78, 5) is 23.8. The average molecular weight is 326 g/mol. The Labute approximate surface area is 142 Å². The highest BCUT2D eigenvalue weighted by Gasteiger charge is 2.07. The molecule has 0 unspecified atom stereocenters. The van der Waals surface area contributed by atoms with Crippen LogP contribution in [0.5, 0.6) is 5.75 Å². The van der Waals surface area contributed by atoms with E-state index in [1.165, 1.54) is 0 Å². The molecule has 2 N–H and O–H groups in total. The van der Waals surface area contributed by atoms with Gasteiger partial charge in [-0.05, 0) is 43.2 Å². The lowest BCUT2D eigenvalue weighted by Gasteiger charge is -2.08. The van der Waals surface area contributed by atoms with Crippen LogP contribution in [0.15, 0.2) is 48.5 Å².